The van der Waals surface area contributed by atoms with Crippen molar-refractivity contribution < 1.29 is 0 Å². The number of hydrogen-bond donors (Lipinski definition) is 1. The smallest absolute Gasteiger partial charge is 0.0392 e. The van der Waals surface area contributed by atoms with Gasteiger partial charge in [0.1, 0.15) is 0 Å². The lowest BCUT2D eigenvalue weighted by Crippen LogP contribution is -2.45. The van der Waals surface area contributed by atoms with Crippen LogP contribution in [0, 0.1) is 0 Å². The second-order valence-corrected chi connectivity index (χ2v) is 7.20. The van der Waals surface area contributed by atoms with Gasteiger partial charge in [-0.2, -0.15) is 0 Å². The van der Waals surface area contributed by atoms with Crippen LogP contribution in [0.3, 0.4) is 0 Å². The molecule has 1 aliphatic heterocycles. The van der Waals surface area contributed by atoms with Crippen LogP contribution in [-0.4, -0.2) is 31.1 Å². The highest BCUT2D eigenvalue weighted by Gasteiger charge is 2.24. The Morgan fingerprint density at radius 2 is 1.64 bits per heavy atom. The van der Waals surface area contributed by atoms with Crippen molar-refractivity contribution in [2.24, 2.45) is 0 Å². The maximum Gasteiger partial charge on any atom is 0.0392 e. The molecule has 0 unspecified atom stereocenters. The van der Waals surface area contributed by atoms with Crippen LogP contribution in [0.15, 0.2) is 66.7 Å². The summed E-state index contributed by atoms with van der Waals surface area (Å²) in [6.45, 7) is 10.7. The van der Waals surface area contributed by atoms with E-state index >= 15 is 0 Å². The van der Waals surface area contributed by atoms with E-state index in [-0.39, 0.29) is 0 Å². The maximum atomic E-state index is 4.22. The quantitative estimate of drug-likeness (QED) is 0.540. The molecule has 0 radical (unpaired) electrons. The van der Waals surface area contributed by atoms with E-state index in [9.17, 15) is 0 Å². The topological polar surface area (TPSA) is 15.3 Å². The first-order valence-corrected chi connectivity index (χ1v) is 9.23. The largest absolute Gasteiger partial charge is 0.314 e. The van der Waals surface area contributed by atoms with Crippen molar-refractivity contribution in [2.45, 2.75) is 19.4 Å². The van der Waals surface area contributed by atoms with Gasteiger partial charge in [0.15, 0.2) is 0 Å². The third kappa shape index (κ3) is 3.20. The van der Waals surface area contributed by atoms with Gasteiger partial charge in [0.25, 0.3) is 0 Å². The second kappa shape index (κ2) is 6.99. The highest BCUT2D eigenvalue weighted by Crippen LogP contribution is 2.36. The molecule has 3 aromatic rings. The molecule has 3 aromatic carbocycles. The number of hydrogen-bond acceptors (Lipinski definition) is 2. The van der Waals surface area contributed by atoms with Crippen molar-refractivity contribution in [3.05, 3.63) is 72.3 Å². The number of rotatable bonds is 4. The molecule has 0 amide bonds. The molecule has 0 bridgehead atoms. The van der Waals surface area contributed by atoms with Crippen LogP contribution in [0.4, 0.5) is 0 Å². The third-order valence-corrected chi connectivity index (χ3v) is 5.29. The summed E-state index contributed by atoms with van der Waals surface area (Å²) in [6, 6.07) is 20.4. The number of nitrogens with zero attached hydrogens (tertiary/aromatic N) is 1. The molecule has 1 atom stereocenters. The zero-order chi connectivity index (χ0) is 17.2. The van der Waals surface area contributed by atoms with E-state index < -0.39 is 0 Å². The molecule has 2 nitrogen and oxygen atoms in total. The third-order valence-electron chi connectivity index (χ3n) is 5.29. The lowest BCUT2D eigenvalue weighted by Gasteiger charge is -2.36. The molecule has 1 aliphatic rings. The maximum absolute atomic E-state index is 4.22. The molecule has 1 saturated heterocycles. The summed E-state index contributed by atoms with van der Waals surface area (Å²) < 4.78 is 0. The molecule has 0 aliphatic carbocycles. The predicted molar refractivity (Wildman–Crippen MR) is 108 cm³/mol. The van der Waals surface area contributed by atoms with Crippen LogP contribution in [-0.2, 0) is 0 Å². The Labute approximate surface area is 150 Å². The number of nitrogens with one attached hydrogen (secondary N) is 1. The molecule has 0 spiro atoms. The van der Waals surface area contributed by atoms with Crippen molar-refractivity contribution >= 4 is 21.5 Å². The first-order chi connectivity index (χ1) is 12.2. The molecule has 2 heteroatoms. The SMILES string of the molecule is C=C(C)C[C@@H](c1cc2ccccc2c2ccccc12)N1CCNCC1. The summed E-state index contributed by atoms with van der Waals surface area (Å²) in [5.41, 5.74) is 2.69. The molecule has 0 aromatic heterocycles. The summed E-state index contributed by atoms with van der Waals surface area (Å²) in [4.78, 5) is 2.63. The minimum atomic E-state index is 0.397. The predicted octanol–water partition coefficient (Wildman–Crippen LogP) is 4.91. The Morgan fingerprint density at radius 3 is 2.36 bits per heavy atom. The standard InChI is InChI=1S/C23H26N2/c1-17(2)15-23(25-13-11-24-12-14-25)22-16-18-7-3-4-8-19(18)20-9-5-6-10-21(20)22/h3-10,16,23-24H,1,11-15H2,2H3/t23-/m0/s1. The van der Waals surface area contributed by atoms with Crippen molar-refractivity contribution in [3.63, 3.8) is 0 Å². The lowest BCUT2D eigenvalue weighted by atomic mass is 9.90. The number of benzene rings is 3. The zero-order valence-corrected chi connectivity index (χ0v) is 15.0. The van der Waals surface area contributed by atoms with Gasteiger partial charge >= 0.3 is 0 Å². The van der Waals surface area contributed by atoms with Crippen molar-refractivity contribution in [3.8, 4) is 0 Å². The fraction of sp³-hybridized carbons (Fsp3) is 0.304. The van der Waals surface area contributed by atoms with E-state index in [1.165, 1.54) is 32.7 Å². The molecule has 0 saturated carbocycles. The van der Waals surface area contributed by atoms with E-state index in [0.29, 0.717) is 6.04 Å². The Hall–Kier alpha value is -2.16. The molecular formula is C23H26N2. The van der Waals surface area contributed by atoms with Crippen molar-refractivity contribution in [2.75, 3.05) is 26.2 Å². The average Bonchev–Trinajstić information content (AvgIpc) is 2.66. The van der Waals surface area contributed by atoms with E-state index in [1.54, 1.807) is 0 Å². The van der Waals surface area contributed by atoms with Gasteiger partial charge in [0, 0.05) is 32.2 Å². The minimum Gasteiger partial charge on any atom is -0.314 e. The fourth-order valence-corrected chi connectivity index (χ4v) is 4.12. The monoisotopic (exact) mass is 330 g/mol. The van der Waals surface area contributed by atoms with Crippen molar-refractivity contribution in [1.82, 2.24) is 10.2 Å². The van der Waals surface area contributed by atoms with E-state index in [1.807, 2.05) is 0 Å². The molecule has 1 N–H and O–H groups in total. The Bertz CT molecular complexity index is 906. The normalized spacial score (nSPS) is 17.0. The van der Waals surface area contributed by atoms with Gasteiger partial charge in [0.2, 0.25) is 0 Å². The summed E-state index contributed by atoms with van der Waals surface area (Å²) in [7, 11) is 0. The zero-order valence-electron chi connectivity index (χ0n) is 15.0. The number of fused-ring (bicyclic) bond motifs is 3. The molecule has 4 rings (SSSR count). The van der Waals surface area contributed by atoms with Gasteiger partial charge < -0.3 is 5.32 Å². The van der Waals surface area contributed by atoms with Gasteiger partial charge in [-0.25, -0.2) is 0 Å². The van der Waals surface area contributed by atoms with Gasteiger partial charge in [-0.15, -0.1) is 6.58 Å². The van der Waals surface area contributed by atoms with Crippen LogP contribution >= 0.6 is 0 Å². The van der Waals surface area contributed by atoms with E-state index in [0.717, 1.165) is 32.6 Å². The Kier molecular flexibility index (Phi) is 4.56. The highest BCUT2D eigenvalue weighted by atomic mass is 15.2. The number of piperazine rings is 1. The van der Waals surface area contributed by atoms with Crippen LogP contribution < -0.4 is 5.32 Å². The van der Waals surface area contributed by atoms with Crippen LogP contribution in [0.25, 0.3) is 21.5 Å². The highest BCUT2D eigenvalue weighted by molar-refractivity contribution is 6.09. The van der Waals surface area contributed by atoms with Gasteiger partial charge in [-0.1, -0.05) is 54.1 Å². The Morgan fingerprint density at radius 1 is 1.00 bits per heavy atom. The minimum absolute atomic E-state index is 0.397. The van der Waals surface area contributed by atoms with E-state index in [4.69, 9.17) is 0 Å². The van der Waals surface area contributed by atoms with Crippen LogP contribution in [0.5, 0.6) is 0 Å². The Balaban J connectivity index is 1.92. The molecule has 1 heterocycles. The first-order valence-electron chi connectivity index (χ1n) is 9.23. The lowest BCUT2D eigenvalue weighted by molar-refractivity contribution is 0.173. The van der Waals surface area contributed by atoms with Crippen LogP contribution in [0.1, 0.15) is 24.9 Å². The van der Waals surface area contributed by atoms with Crippen LogP contribution in [0.2, 0.25) is 0 Å². The summed E-state index contributed by atoms with van der Waals surface area (Å²) in [6.07, 6.45) is 1.02. The summed E-state index contributed by atoms with van der Waals surface area (Å²) in [5.74, 6) is 0. The van der Waals surface area contributed by atoms with Gasteiger partial charge in [-0.3, -0.25) is 4.90 Å². The summed E-state index contributed by atoms with van der Waals surface area (Å²) in [5, 5.41) is 8.89. The average molecular weight is 330 g/mol. The molecule has 1 fully saturated rings. The molecule has 128 valence electrons. The molecule has 25 heavy (non-hydrogen) atoms. The first kappa shape index (κ1) is 16.3. The van der Waals surface area contributed by atoms with Gasteiger partial charge in [-0.05, 0) is 46.5 Å². The second-order valence-electron chi connectivity index (χ2n) is 7.20. The summed E-state index contributed by atoms with van der Waals surface area (Å²) >= 11 is 0. The molecular weight excluding hydrogens is 304 g/mol. The van der Waals surface area contributed by atoms with Crippen molar-refractivity contribution in [1.29, 1.82) is 0 Å². The van der Waals surface area contributed by atoms with Gasteiger partial charge in [0.05, 0.1) is 0 Å². The van der Waals surface area contributed by atoms with E-state index in [2.05, 4.69) is 78.3 Å². The fourth-order valence-electron chi connectivity index (χ4n) is 4.12.